The number of benzene rings is 2. The molecule has 1 fully saturated rings. The zero-order valence-corrected chi connectivity index (χ0v) is 20.8. The van der Waals surface area contributed by atoms with Crippen molar-refractivity contribution < 1.29 is 21.5 Å². The normalized spacial score (nSPS) is 23.0. The monoisotopic (exact) mass is 455 g/mol. The molecule has 2 amide bonds. The molecule has 1 aliphatic heterocycles. The molecule has 5 nitrogen and oxygen atoms in total. The van der Waals surface area contributed by atoms with Crippen molar-refractivity contribution in [3.05, 3.63) is 60.7 Å². The first-order chi connectivity index (χ1) is 15.8. The van der Waals surface area contributed by atoms with E-state index in [0.29, 0.717) is 0 Å². The number of rotatable bonds is 5. The first-order valence-corrected chi connectivity index (χ1v) is 12.9. The van der Waals surface area contributed by atoms with E-state index in [-0.39, 0.29) is 11.6 Å². The van der Waals surface area contributed by atoms with Crippen LogP contribution in [-0.2, 0) is 14.0 Å². The zero-order valence-electron chi connectivity index (χ0n) is 21.8. The quantitative estimate of drug-likeness (QED) is 0.624. The van der Waals surface area contributed by atoms with Gasteiger partial charge in [-0.2, -0.15) is 0 Å². The van der Waals surface area contributed by atoms with Gasteiger partial charge in [-0.3, -0.25) is 4.79 Å². The van der Waals surface area contributed by atoms with Gasteiger partial charge in [0.25, 0.3) is 8.32 Å². The number of carbonyl (C=O) groups is 2. The number of ether oxygens (including phenoxy) is 1. The Morgan fingerprint density at radius 3 is 1.94 bits per heavy atom. The van der Waals surface area contributed by atoms with Crippen molar-refractivity contribution in [1.29, 1.82) is 0 Å². The Balaban J connectivity index is 2.05. The van der Waals surface area contributed by atoms with Crippen LogP contribution in [0.2, 0.25) is 5.04 Å². The predicted molar refractivity (Wildman–Crippen MR) is 130 cm³/mol. The van der Waals surface area contributed by atoms with Crippen molar-refractivity contribution in [3.8, 4) is 0 Å². The molecule has 172 valence electrons. The summed E-state index contributed by atoms with van der Waals surface area (Å²) >= 11 is 0. The van der Waals surface area contributed by atoms with Crippen LogP contribution in [0.25, 0.3) is 0 Å². The average molecular weight is 456 g/mol. The molecule has 32 heavy (non-hydrogen) atoms. The first kappa shape index (κ1) is 21.4. The van der Waals surface area contributed by atoms with E-state index in [2.05, 4.69) is 45.0 Å². The maximum absolute atomic E-state index is 12.9. The van der Waals surface area contributed by atoms with E-state index in [4.69, 9.17) is 11.9 Å². The number of imide groups is 1. The second kappa shape index (κ2) is 9.20. The molecule has 0 radical (unpaired) electrons. The lowest BCUT2D eigenvalue weighted by molar-refractivity contribution is -0.128. The van der Waals surface area contributed by atoms with E-state index >= 15 is 0 Å². The molecule has 6 heteroatoms. The molecular weight excluding hydrogens is 418 g/mol. The van der Waals surface area contributed by atoms with Gasteiger partial charge in [0.05, 0.1) is 12.6 Å². The van der Waals surface area contributed by atoms with Gasteiger partial charge in [-0.15, -0.1) is 0 Å². The molecule has 2 aromatic rings. The van der Waals surface area contributed by atoms with Crippen LogP contribution in [0.3, 0.4) is 0 Å². The number of carbonyl (C=O) groups excluding carboxylic acids is 2. The fraction of sp³-hybridized carbons (Fsp3) is 0.462. The maximum atomic E-state index is 12.9. The maximum Gasteiger partial charge on any atom is 0.417 e. The van der Waals surface area contributed by atoms with E-state index in [0.717, 1.165) is 15.3 Å². The summed E-state index contributed by atoms with van der Waals surface area (Å²) in [5, 5.41) is 1.82. The van der Waals surface area contributed by atoms with Crippen LogP contribution in [0.1, 0.15) is 57.1 Å². The van der Waals surface area contributed by atoms with Crippen LogP contribution in [0.4, 0.5) is 4.79 Å². The Morgan fingerprint density at radius 1 is 1.00 bits per heavy atom. The largest absolute Gasteiger partial charge is 0.443 e. The molecule has 0 saturated carbocycles. The number of hydrogen-bond donors (Lipinski definition) is 0. The van der Waals surface area contributed by atoms with Gasteiger partial charge in [-0.05, 0) is 42.6 Å². The SMILES string of the molecule is [2H]C1C(=O)N(C(=O)OC(C)(C)C)[C@H](CO[Si](c2ccccc2)(c2ccccc2)C(C)(C)C)C1[2H]. The number of hydrogen-bond acceptors (Lipinski definition) is 4. The summed E-state index contributed by atoms with van der Waals surface area (Å²) in [5.74, 6) is -0.717. The van der Waals surface area contributed by atoms with Crippen LogP contribution in [0.5, 0.6) is 0 Å². The van der Waals surface area contributed by atoms with E-state index < -0.39 is 44.8 Å². The van der Waals surface area contributed by atoms with Gasteiger partial charge < -0.3 is 9.16 Å². The Kier molecular flexibility index (Phi) is 6.15. The van der Waals surface area contributed by atoms with Crippen molar-refractivity contribution in [2.75, 3.05) is 6.61 Å². The van der Waals surface area contributed by atoms with Crippen LogP contribution >= 0.6 is 0 Å². The van der Waals surface area contributed by atoms with Crippen molar-refractivity contribution in [2.24, 2.45) is 0 Å². The molecule has 0 bridgehead atoms. The van der Waals surface area contributed by atoms with Gasteiger partial charge >= 0.3 is 6.09 Å². The molecule has 1 heterocycles. The van der Waals surface area contributed by atoms with Crippen LogP contribution in [-0.4, -0.2) is 43.5 Å². The van der Waals surface area contributed by atoms with Gasteiger partial charge in [0.1, 0.15) is 5.60 Å². The molecule has 2 aromatic carbocycles. The molecular formula is C26H35NO4Si. The summed E-state index contributed by atoms with van der Waals surface area (Å²) in [6.07, 6.45) is -3.32. The second-order valence-electron chi connectivity index (χ2n) is 10.1. The van der Waals surface area contributed by atoms with Crippen molar-refractivity contribution in [2.45, 2.75) is 71.0 Å². The average Bonchev–Trinajstić information content (AvgIpc) is 2.97. The van der Waals surface area contributed by atoms with E-state index in [1.54, 1.807) is 20.8 Å². The number of likely N-dealkylation sites (tertiary alicyclic amines) is 1. The third kappa shape index (κ3) is 4.97. The van der Waals surface area contributed by atoms with Gasteiger partial charge in [0.2, 0.25) is 5.91 Å². The molecule has 1 saturated heterocycles. The highest BCUT2D eigenvalue weighted by Crippen LogP contribution is 2.37. The number of nitrogens with zero attached hydrogens (tertiary/aromatic N) is 1. The minimum atomic E-state index is -2.94. The molecule has 2 unspecified atom stereocenters. The van der Waals surface area contributed by atoms with E-state index in [9.17, 15) is 9.59 Å². The topological polar surface area (TPSA) is 55.8 Å². The molecule has 0 spiro atoms. The van der Waals surface area contributed by atoms with Gasteiger partial charge in [-0.25, -0.2) is 9.69 Å². The van der Waals surface area contributed by atoms with Gasteiger partial charge in [0.15, 0.2) is 0 Å². The Morgan fingerprint density at radius 2 is 1.50 bits per heavy atom. The Bertz CT molecular complexity index is 965. The highest BCUT2D eigenvalue weighted by Gasteiger charge is 2.51. The lowest BCUT2D eigenvalue weighted by Crippen LogP contribution is -2.67. The highest BCUT2D eigenvalue weighted by atomic mass is 28.4. The van der Waals surface area contributed by atoms with Crippen molar-refractivity contribution in [3.63, 3.8) is 0 Å². The molecule has 3 atom stereocenters. The zero-order chi connectivity index (χ0) is 25.3. The smallest absolute Gasteiger partial charge is 0.417 e. The van der Waals surface area contributed by atoms with Crippen LogP contribution in [0.15, 0.2) is 60.7 Å². The van der Waals surface area contributed by atoms with Crippen LogP contribution in [0, 0.1) is 0 Å². The fourth-order valence-electron chi connectivity index (χ4n) is 4.16. The van der Waals surface area contributed by atoms with Crippen LogP contribution < -0.4 is 10.4 Å². The van der Waals surface area contributed by atoms with Crippen molar-refractivity contribution in [1.82, 2.24) is 4.90 Å². The lowest BCUT2D eigenvalue weighted by Gasteiger charge is -2.44. The fourth-order valence-corrected chi connectivity index (χ4v) is 8.74. The summed E-state index contributed by atoms with van der Waals surface area (Å²) in [6.45, 7) is 11.5. The second-order valence-corrected chi connectivity index (χ2v) is 14.4. The summed E-state index contributed by atoms with van der Waals surface area (Å²) in [7, 11) is -2.94. The Labute approximate surface area is 195 Å². The summed E-state index contributed by atoms with van der Waals surface area (Å²) < 4.78 is 29.0. The van der Waals surface area contributed by atoms with E-state index in [1.165, 1.54) is 0 Å². The lowest BCUT2D eigenvalue weighted by atomic mass is 10.2. The molecule has 0 N–H and O–H groups in total. The minimum absolute atomic E-state index is 0.0399. The molecule has 3 rings (SSSR count). The standard InChI is InChI=1S/C26H35NO4Si/c1-25(2,3)31-24(29)27-20(17-18-23(27)28)19-30-32(26(4,5)6,21-13-9-7-10-14-21)22-15-11-8-12-16-22/h7-16,20H,17-19H2,1-6H3/t20-/m0/s1/i17D,18D/t17?,18?,20-. The minimum Gasteiger partial charge on any atom is -0.443 e. The highest BCUT2D eigenvalue weighted by molar-refractivity contribution is 6.99. The third-order valence-electron chi connectivity index (χ3n) is 5.51. The van der Waals surface area contributed by atoms with Gasteiger partial charge in [-0.1, -0.05) is 81.4 Å². The number of amides is 2. The predicted octanol–water partition coefficient (Wildman–Crippen LogP) is 4.49. The van der Waals surface area contributed by atoms with Gasteiger partial charge in [0, 0.05) is 9.14 Å². The van der Waals surface area contributed by atoms with Crippen molar-refractivity contribution >= 4 is 30.7 Å². The third-order valence-corrected chi connectivity index (χ3v) is 10.5. The summed E-state index contributed by atoms with van der Waals surface area (Å²) in [4.78, 5) is 26.6. The molecule has 1 aliphatic rings. The molecule has 0 aliphatic carbocycles. The summed E-state index contributed by atoms with van der Waals surface area (Å²) in [5.41, 5.74) is -0.807. The first-order valence-electron chi connectivity index (χ1n) is 12.1. The van der Waals surface area contributed by atoms with E-state index in [1.807, 2.05) is 36.4 Å². The Hall–Kier alpha value is -2.44. The molecule has 0 aromatic heterocycles. The summed E-state index contributed by atoms with van der Waals surface area (Å²) in [6, 6.07) is 19.2.